The molecule has 0 aliphatic carbocycles. The van der Waals surface area contributed by atoms with E-state index in [1.54, 1.807) is 5.01 Å². The molecule has 1 fully saturated rings. The molecule has 0 atom stereocenters. The van der Waals surface area contributed by atoms with E-state index in [4.69, 9.17) is 4.74 Å². The second kappa shape index (κ2) is 4.52. The van der Waals surface area contributed by atoms with Crippen LogP contribution < -0.4 is 5.43 Å². The maximum atomic E-state index is 12.2. The second-order valence-corrected chi connectivity index (χ2v) is 4.10. The van der Waals surface area contributed by atoms with Crippen molar-refractivity contribution in [2.45, 2.75) is 6.18 Å². The van der Waals surface area contributed by atoms with Crippen LogP contribution in [0.3, 0.4) is 0 Å². The standard InChI is InChI=1S/C7H9F3N4OS/c8-7(9,10)5-11-12-6(16-5)13-14-1-3-15-4-2-14/h1-4H2,(H,12,13). The Morgan fingerprint density at radius 2 is 1.94 bits per heavy atom. The van der Waals surface area contributed by atoms with Gasteiger partial charge in [0, 0.05) is 13.1 Å². The molecule has 5 nitrogen and oxygen atoms in total. The van der Waals surface area contributed by atoms with Crippen molar-refractivity contribution < 1.29 is 17.9 Å². The van der Waals surface area contributed by atoms with E-state index in [1.807, 2.05) is 0 Å². The smallest absolute Gasteiger partial charge is 0.379 e. The summed E-state index contributed by atoms with van der Waals surface area (Å²) in [7, 11) is 0. The van der Waals surface area contributed by atoms with Crippen molar-refractivity contribution in [3.63, 3.8) is 0 Å². The third kappa shape index (κ3) is 2.80. The summed E-state index contributed by atoms with van der Waals surface area (Å²) in [6.07, 6.45) is -4.43. The number of nitrogens with one attached hydrogen (secondary N) is 1. The summed E-state index contributed by atoms with van der Waals surface area (Å²) < 4.78 is 41.8. The number of alkyl halides is 3. The lowest BCUT2D eigenvalue weighted by Gasteiger charge is -2.26. The Morgan fingerprint density at radius 1 is 1.25 bits per heavy atom. The molecular formula is C7H9F3N4OS. The molecular weight excluding hydrogens is 245 g/mol. The highest BCUT2D eigenvalue weighted by Gasteiger charge is 2.35. The molecule has 1 aliphatic rings. The molecule has 1 N–H and O–H groups in total. The molecule has 1 aliphatic heterocycles. The molecule has 0 spiro atoms. The lowest BCUT2D eigenvalue weighted by molar-refractivity contribution is -0.138. The molecule has 0 aromatic carbocycles. The van der Waals surface area contributed by atoms with E-state index in [1.165, 1.54) is 0 Å². The fourth-order valence-electron chi connectivity index (χ4n) is 1.19. The Labute approximate surface area is 93.2 Å². The molecule has 0 bridgehead atoms. The van der Waals surface area contributed by atoms with Crippen LogP contribution in [0, 0.1) is 0 Å². The summed E-state index contributed by atoms with van der Waals surface area (Å²) in [5, 5.41) is 7.47. The number of ether oxygens (including phenoxy) is 1. The Kier molecular flexibility index (Phi) is 3.26. The average molecular weight is 254 g/mol. The minimum Gasteiger partial charge on any atom is -0.379 e. The van der Waals surface area contributed by atoms with Crippen LogP contribution in [0.1, 0.15) is 5.01 Å². The zero-order valence-corrected chi connectivity index (χ0v) is 8.94. The molecule has 9 heteroatoms. The average Bonchev–Trinajstić information content (AvgIpc) is 2.67. The third-order valence-electron chi connectivity index (χ3n) is 1.93. The highest BCUT2D eigenvalue weighted by molar-refractivity contribution is 7.15. The van der Waals surface area contributed by atoms with E-state index >= 15 is 0 Å². The molecule has 1 saturated heterocycles. The van der Waals surface area contributed by atoms with Crippen LogP contribution in [0.5, 0.6) is 0 Å². The van der Waals surface area contributed by atoms with Gasteiger partial charge in [-0.25, -0.2) is 5.01 Å². The predicted octanol–water partition coefficient (Wildman–Crippen LogP) is 1.22. The van der Waals surface area contributed by atoms with Gasteiger partial charge in [-0.3, -0.25) is 5.43 Å². The van der Waals surface area contributed by atoms with Crippen LogP contribution in [0.2, 0.25) is 0 Å². The fourth-order valence-corrected chi connectivity index (χ4v) is 1.83. The Hall–Kier alpha value is -0.930. The van der Waals surface area contributed by atoms with E-state index in [-0.39, 0.29) is 5.13 Å². The van der Waals surface area contributed by atoms with E-state index in [2.05, 4.69) is 15.6 Å². The monoisotopic (exact) mass is 254 g/mol. The molecule has 0 radical (unpaired) electrons. The molecule has 0 amide bonds. The number of rotatable bonds is 2. The molecule has 90 valence electrons. The number of halogens is 3. The summed E-state index contributed by atoms with van der Waals surface area (Å²) in [5.41, 5.74) is 2.77. The van der Waals surface area contributed by atoms with E-state index in [0.29, 0.717) is 37.6 Å². The van der Waals surface area contributed by atoms with Crippen LogP contribution in [0.4, 0.5) is 18.3 Å². The number of anilines is 1. The first-order valence-electron chi connectivity index (χ1n) is 4.56. The van der Waals surface area contributed by atoms with E-state index in [0.717, 1.165) is 0 Å². The number of hydrogen-bond acceptors (Lipinski definition) is 6. The maximum Gasteiger partial charge on any atom is 0.445 e. The number of aromatic nitrogens is 2. The van der Waals surface area contributed by atoms with Crippen molar-refractivity contribution >= 4 is 16.5 Å². The maximum absolute atomic E-state index is 12.2. The first-order valence-corrected chi connectivity index (χ1v) is 5.37. The van der Waals surface area contributed by atoms with E-state index in [9.17, 15) is 13.2 Å². The van der Waals surface area contributed by atoms with Gasteiger partial charge in [-0.2, -0.15) is 13.2 Å². The van der Waals surface area contributed by atoms with Crippen LogP contribution in [-0.2, 0) is 10.9 Å². The quantitative estimate of drug-likeness (QED) is 0.859. The van der Waals surface area contributed by atoms with Crippen molar-refractivity contribution in [1.29, 1.82) is 0 Å². The number of morpholine rings is 1. The summed E-state index contributed by atoms with van der Waals surface area (Å²) in [6, 6.07) is 0. The van der Waals surface area contributed by atoms with Gasteiger partial charge in [-0.15, -0.1) is 10.2 Å². The number of hydrogen-bond donors (Lipinski definition) is 1. The van der Waals surface area contributed by atoms with Crippen LogP contribution in [0.25, 0.3) is 0 Å². The molecule has 1 aromatic heterocycles. The minimum absolute atomic E-state index is 0.147. The van der Waals surface area contributed by atoms with Crippen LogP contribution in [-0.4, -0.2) is 41.5 Å². The van der Waals surface area contributed by atoms with Crippen LogP contribution >= 0.6 is 11.3 Å². The predicted molar refractivity (Wildman–Crippen MR) is 50.9 cm³/mol. The SMILES string of the molecule is FC(F)(F)c1nnc(NN2CCOCC2)s1. The normalized spacial score (nSPS) is 18.7. The zero-order valence-electron chi connectivity index (χ0n) is 8.12. The minimum atomic E-state index is -4.43. The van der Waals surface area contributed by atoms with Gasteiger partial charge in [-0.05, 0) is 0 Å². The first-order chi connectivity index (χ1) is 7.55. The molecule has 0 saturated carbocycles. The molecule has 16 heavy (non-hydrogen) atoms. The van der Waals surface area contributed by atoms with Gasteiger partial charge in [0.2, 0.25) is 10.1 Å². The highest BCUT2D eigenvalue weighted by Crippen LogP contribution is 2.33. The molecule has 2 rings (SSSR count). The summed E-state index contributed by atoms with van der Waals surface area (Å²) in [6.45, 7) is 2.33. The van der Waals surface area contributed by atoms with E-state index < -0.39 is 11.2 Å². The van der Waals surface area contributed by atoms with Gasteiger partial charge in [-0.1, -0.05) is 11.3 Å². The lowest BCUT2D eigenvalue weighted by atomic mass is 10.5. The van der Waals surface area contributed by atoms with Crippen LogP contribution in [0.15, 0.2) is 0 Å². The van der Waals surface area contributed by atoms with Crippen molar-refractivity contribution in [2.75, 3.05) is 31.7 Å². The molecule has 2 heterocycles. The van der Waals surface area contributed by atoms with Gasteiger partial charge in [0.05, 0.1) is 13.2 Å². The summed E-state index contributed by atoms with van der Waals surface area (Å²) >= 11 is 0.493. The second-order valence-electron chi connectivity index (χ2n) is 3.12. The van der Waals surface area contributed by atoms with Crippen molar-refractivity contribution in [1.82, 2.24) is 15.2 Å². The summed E-state index contributed by atoms with van der Waals surface area (Å²) in [4.78, 5) is 0. The third-order valence-corrected chi connectivity index (χ3v) is 2.81. The molecule has 0 unspecified atom stereocenters. The number of nitrogens with zero attached hydrogens (tertiary/aromatic N) is 3. The Balaban J connectivity index is 1.97. The van der Waals surface area contributed by atoms with Gasteiger partial charge in [0.1, 0.15) is 0 Å². The van der Waals surface area contributed by atoms with Crippen molar-refractivity contribution in [2.24, 2.45) is 0 Å². The van der Waals surface area contributed by atoms with Gasteiger partial charge in [0.15, 0.2) is 0 Å². The fraction of sp³-hybridized carbons (Fsp3) is 0.714. The largest absolute Gasteiger partial charge is 0.445 e. The van der Waals surface area contributed by atoms with Crippen molar-refractivity contribution in [3.8, 4) is 0 Å². The van der Waals surface area contributed by atoms with Crippen molar-refractivity contribution in [3.05, 3.63) is 5.01 Å². The molecule has 1 aromatic rings. The zero-order chi connectivity index (χ0) is 11.6. The number of hydrazine groups is 1. The Morgan fingerprint density at radius 3 is 2.50 bits per heavy atom. The van der Waals surface area contributed by atoms with Gasteiger partial charge < -0.3 is 4.74 Å². The van der Waals surface area contributed by atoms with Gasteiger partial charge >= 0.3 is 6.18 Å². The Bertz CT molecular complexity index is 350. The van der Waals surface area contributed by atoms with Gasteiger partial charge in [0.25, 0.3) is 0 Å². The topological polar surface area (TPSA) is 50.3 Å². The highest BCUT2D eigenvalue weighted by atomic mass is 32.1. The first kappa shape index (κ1) is 11.6. The lowest BCUT2D eigenvalue weighted by Crippen LogP contribution is -2.40. The summed E-state index contributed by atoms with van der Waals surface area (Å²) in [5.74, 6) is 0.